The Morgan fingerprint density at radius 1 is 1.26 bits per heavy atom. The van der Waals surface area contributed by atoms with Crippen LogP contribution in [-0.2, 0) is 23.1 Å². The lowest BCUT2D eigenvalue weighted by molar-refractivity contribution is -0.147. The first-order valence-electron chi connectivity index (χ1n) is 11.5. The van der Waals surface area contributed by atoms with Gasteiger partial charge in [-0.25, -0.2) is 9.67 Å². The number of rotatable bonds is 8. The maximum absolute atomic E-state index is 11.9. The third-order valence-electron chi connectivity index (χ3n) is 6.02. The average molecular weight is 470 g/mol. The molecular formula is C23H31N7O4. The number of ether oxygens (including phenoxy) is 2. The number of aryl methyl sites for hydroxylation is 2. The van der Waals surface area contributed by atoms with Gasteiger partial charge in [-0.15, -0.1) is 10.2 Å². The van der Waals surface area contributed by atoms with E-state index >= 15 is 0 Å². The highest BCUT2D eigenvalue weighted by Crippen LogP contribution is 2.31. The molecule has 3 aromatic heterocycles. The fraction of sp³-hybridized carbons (Fsp3) is 0.565. The second-order valence-electron chi connectivity index (χ2n) is 8.87. The summed E-state index contributed by atoms with van der Waals surface area (Å²) >= 11 is 0. The monoisotopic (exact) mass is 469 g/mol. The zero-order valence-electron chi connectivity index (χ0n) is 20.2. The number of carbonyl (C=O) groups is 1. The van der Waals surface area contributed by atoms with Crippen molar-refractivity contribution in [3.8, 4) is 17.1 Å². The van der Waals surface area contributed by atoms with Gasteiger partial charge < -0.3 is 19.2 Å². The van der Waals surface area contributed by atoms with Crippen LogP contribution in [0.1, 0.15) is 62.7 Å². The molecule has 0 saturated heterocycles. The first kappa shape index (κ1) is 23.7. The summed E-state index contributed by atoms with van der Waals surface area (Å²) in [5, 5.41) is 19.7. The number of nitrogens with zero attached hydrogens (tertiary/aromatic N) is 6. The van der Waals surface area contributed by atoms with Gasteiger partial charge in [0.1, 0.15) is 11.4 Å². The summed E-state index contributed by atoms with van der Waals surface area (Å²) in [7, 11) is 3.26. The van der Waals surface area contributed by atoms with E-state index < -0.39 is 0 Å². The Morgan fingerprint density at radius 3 is 2.79 bits per heavy atom. The lowest BCUT2D eigenvalue weighted by atomic mass is 9.87. The summed E-state index contributed by atoms with van der Waals surface area (Å²) in [6, 6.07) is 4.12. The van der Waals surface area contributed by atoms with E-state index in [0.29, 0.717) is 42.0 Å². The molecule has 2 atom stereocenters. The summed E-state index contributed by atoms with van der Waals surface area (Å²) in [6.45, 7) is 6.29. The quantitative estimate of drug-likeness (QED) is 0.490. The van der Waals surface area contributed by atoms with Gasteiger partial charge in [-0.1, -0.05) is 24.2 Å². The molecule has 182 valence electrons. The average Bonchev–Trinajstić information content (AvgIpc) is 3.45. The van der Waals surface area contributed by atoms with Crippen LogP contribution in [0.5, 0.6) is 5.75 Å². The Balaban J connectivity index is 1.46. The van der Waals surface area contributed by atoms with Crippen molar-refractivity contribution in [3.05, 3.63) is 29.4 Å². The second-order valence-corrected chi connectivity index (χ2v) is 8.87. The summed E-state index contributed by atoms with van der Waals surface area (Å²) in [6.07, 6.45) is 3.30. The van der Waals surface area contributed by atoms with E-state index in [1.807, 2.05) is 40.0 Å². The molecule has 4 rings (SSSR count). The van der Waals surface area contributed by atoms with Gasteiger partial charge in [-0.05, 0) is 44.7 Å². The number of aromatic nitrogens is 6. The maximum Gasteiger partial charge on any atom is 0.315 e. The van der Waals surface area contributed by atoms with Crippen molar-refractivity contribution in [2.24, 2.45) is 13.0 Å². The van der Waals surface area contributed by atoms with E-state index in [1.54, 1.807) is 4.68 Å². The summed E-state index contributed by atoms with van der Waals surface area (Å²) < 4.78 is 18.4. The van der Waals surface area contributed by atoms with Crippen molar-refractivity contribution in [1.82, 2.24) is 30.2 Å². The van der Waals surface area contributed by atoms with Crippen molar-refractivity contribution in [3.63, 3.8) is 0 Å². The van der Waals surface area contributed by atoms with Crippen LogP contribution in [0.25, 0.3) is 11.4 Å². The smallest absolute Gasteiger partial charge is 0.315 e. The SMILES string of the molecule is COC(=O)[C@H]1CCC[C@H](Oc2ccc(-c3nnn(C)c3CNc3nnc(C(C)C)o3)nc2C)C1. The fourth-order valence-electron chi connectivity index (χ4n) is 4.09. The summed E-state index contributed by atoms with van der Waals surface area (Å²) in [5.41, 5.74) is 2.94. The Kier molecular flexibility index (Phi) is 7.09. The number of hydrogen-bond acceptors (Lipinski definition) is 10. The number of methoxy groups -OCH3 is 1. The second kappa shape index (κ2) is 10.2. The van der Waals surface area contributed by atoms with Gasteiger partial charge in [-0.3, -0.25) is 4.79 Å². The van der Waals surface area contributed by atoms with Crippen LogP contribution in [-0.4, -0.2) is 49.4 Å². The van der Waals surface area contributed by atoms with Crippen LogP contribution >= 0.6 is 0 Å². The predicted molar refractivity (Wildman–Crippen MR) is 123 cm³/mol. The van der Waals surface area contributed by atoms with Crippen LogP contribution in [0, 0.1) is 12.8 Å². The van der Waals surface area contributed by atoms with E-state index in [2.05, 4.69) is 25.8 Å². The molecule has 0 radical (unpaired) electrons. The predicted octanol–water partition coefficient (Wildman–Crippen LogP) is 3.41. The van der Waals surface area contributed by atoms with Gasteiger partial charge in [0.15, 0.2) is 0 Å². The molecule has 1 aliphatic rings. The van der Waals surface area contributed by atoms with Crippen LogP contribution in [0.15, 0.2) is 16.5 Å². The molecule has 1 saturated carbocycles. The van der Waals surface area contributed by atoms with Crippen LogP contribution in [0.3, 0.4) is 0 Å². The molecule has 1 fully saturated rings. The molecular weight excluding hydrogens is 438 g/mol. The van der Waals surface area contributed by atoms with Crippen molar-refractivity contribution >= 4 is 12.0 Å². The number of nitrogens with one attached hydrogen (secondary N) is 1. The molecule has 1 N–H and O–H groups in total. The zero-order valence-corrected chi connectivity index (χ0v) is 20.2. The lowest BCUT2D eigenvalue weighted by Gasteiger charge is -2.28. The molecule has 0 unspecified atom stereocenters. The minimum atomic E-state index is -0.164. The highest BCUT2D eigenvalue weighted by molar-refractivity contribution is 5.72. The largest absolute Gasteiger partial charge is 0.489 e. The standard InChI is InChI=1S/C23H31N7O4/c1-13(2)21-27-28-23(34-21)24-12-18-20(26-29-30(18)4)17-9-10-19(14(3)25-17)33-16-8-6-7-15(11-16)22(31)32-5/h9-10,13,15-16H,6-8,11-12H2,1-5H3,(H,24,28)/t15-,16-/m0/s1. The van der Waals surface area contributed by atoms with E-state index in [4.69, 9.17) is 18.9 Å². The van der Waals surface area contributed by atoms with Crippen molar-refractivity contribution in [1.29, 1.82) is 0 Å². The van der Waals surface area contributed by atoms with Crippen LogP contribution in [0.2, 0.25) is 0 Å². The zero-order chi connectivity index (χ0) is 24.2. The number of esters is 1. The molecule has 0 aliphatic heterocycles. The van der Waals surface area contributed by atoms with Gasteiger partial charge in [0, 0.05) is 13.0 Å². The fourth-order valence-corrected chi connectivity index (χ4v) is 4.09. The van der Waals surface area contributed by atoms with Crippen molar-refractivity contribution < 1.29 is 18.7 Å². The van der Waals surface area contributed by atoms with E-state index in [1.165, 1.54) is 7.11 Å². The van der Waals surface area contributed by atoms with Gasteiger partial charge in [-0.2, -0.15) is 0 Å². The molecule has 3 heterocycles. The molecule has 34 heavy (non-hydrogen) atoms. The minimum absolute atomic E-state index is 0.0365. The highest BCUT2D eigenvalue weighted by Gasteiger charge is 2.29. The minimum Gasteiger partial charge on any atom is -0.489 e. The molecule has 0 spiro atoms. The molecule has 0 amide bonds. The Morgan fingerprint density at radius 2 is 2.09 bits per heavy atom. The number of carbonyl (C=O) groups excluding carboxylic acids is 1. The molecule has 0 bridgehead atoms. The summed E-state index contributed by atoms with van der Waals surface area (Å²) in [5.74, 6) is 1.17. The lowest BCUT2D eigenvalue weighted by Crippen LogP contribution is -2.30. The molecule has 11 heteroatoms. The van der Waals surface area contributed by atoms with Gasteiger partial charge in [0.2, 0.25) is 5.89 Å². The summed E-state index contributed by atoms with van der Waals surface area (Å²) in [4.78, 5) is 16.6. The number of pyridine rings is 1. The number of anilines is 1. The van der Waals surface area contributed by atoms with Crippen LogP contribution in [0.4, 0.5) is 6.01 Å². The van der Waals surface area contributed by atoms with Crippen molar-refractivity contribution in [2.75, 3.05) is 12.4 Å². The Hall–Kier alpha value is -3.50. The van der Waals surface area contributed by atoms with Crippen molar-refractivity contribution in [2.45, 2.75) is 65.0 Å². The van der Waals surface area contributed by atoms with Crippen LogP contribution < -0.4 is 10.1 Å². The van der Waals surface area contributed by atoms with E-state index in [9.17, 15) is 4.79 Å². The van der Waals surface area contributed by atoms with E-state index in [-0.39, 0.29) is 23.9 Å². The third-order valence-corrected chi connectivity index (χ3v) is 6.02. The highest BCUT2D eigenvalue weighted by atomic mass is 16.5. The molecule has 11 nitrogen and oxygen atoms in total. The maximum atomic E-state index is 11.9. The van der Waals surface area contributed by atoms with E-state index in [0.717, 1.165) is 30.7 Å². The normalized spacial score (nSPS) is 18.2. The Bertz CT molecular complexity index is 1140. The van der Waals surface area contributed by atoms with Gasteiger partial charge in [0.25, 0.3) is 0 Å². The first-order valence-corrected chi connectivity index (χ1v) is 11.5. The van der Waals surface area contributed by atoms with Gasteiger partial charge in [0.05, 0.1) is 42.8 Å². The Labute approximate surface area is 198 Å². The number of hydrogen-bond donors (Lipinski definition) is 1. The topological polar surface area (TPSA) is 130 Å². The third kappa shape index (κ3) is 5.18. The first-order chi connectivity index (χ1) is 16.4. The molecule has 1 aliphatic carbocycles. The van der Waals surface area contributed by atoms with Gasteiger partial charge >= 0.3 is 12.0 Å². The molecule has 0 aromatic carbocycles. The molecule has 3 aromatic rings.